The lowest BCUT2D eigenvalue weighted by Crippen LogP contribution is -2.33. The first kappa shape index (κ1) is 14.1. The zero-order valence-electron chi connectivity index (χ0n) is 10.5. The molecule has 0 saturated heterocycles. The van der Waals surface area contributed by atoms with Crippen molar-refractivity contribution in [3.05, 3.63) is 17.0 Å². The smallest absolute Gasteiger partial charge is 0.265 e. The maximum Gasteiger partial charge on any atom is 0.265 e. The summed E-state index contributed by atoms with van der Waals surface area (Å²) in [6.07, 6.45) is -4.35. The van der Waals surface area contributed by atoms with E-state index >= 15 is 0 Å². The summed E-state index contributed by atoms with van der Waals surface area (Å²) >= 11 is 0. The Hall–Kier alpha value is -1.01. The predicted octanol–water partition coefficient (Wildman–Crippen LogP) is 1.31. The van der Waals surface area contributed by atoms with E-state index in [-0.39, 0.29) is 12.6 Å². The predicted molar refractivity (Wildman–Crippen MR) is 61.1 cm³/mol. The molecular formula is C11H19F2N3O. The summed E-state index contributed by atoms with van der Waals surface area (Å²) in [5.74, 6) is 0. The molecule has 0 aliphatic heterocycles. The van der Waals surface area contributed by atoms with E-state index in [1.807, 2.05) is 27.8 Å². The zero-order valence-corrected chi connectivity index (χ0v) is 10.5. The third-order valence-electron chi connectivity index (χ3n) is 2.92. The first-order chi connectivity index (χ1) is 7.84. The lowest BCUT2D eigenvalue weighted by atomic mass is 10.1. The first-order valence-corrected chi connectivity index (χ1v) is 5.54. The Kier molecular flexibility index (Phi) is 4.59. The van der Waals surface area contributed by atoms with Gasteiger partial charge in [0, 0.05) is 30.9 Å². The summed E-state index contributed by atoms with van der Waals surface area (Å²) in [4.78, 5) is 0. The van der Waals surface area contributed by atoms with Crippen molar-refractivity contribution in [1.29, 1.82) is 0 Å². The number of nitrogens with zero attached hydrogens (tertiary/aromatic N) is 2. The van der Waals surface area contributed by atoms with E-state index in [2.05, 4.69) is 10.4 Å². The van der Waals surface area contributed by atoms with E-state index in [1.165, 1.54) is 0 Å². The molecule has 0 saturated carbocycles. The second kappa shape index (κ2) is 5.55. The molecule has 1 aromatic rings. The van der Waals surface area contributed by atoms with E-state index in [0.29, 0.717) is 0 Å². The first-order valence-electron chi connectivity index (χ1n) is 5.54. The maximum absolute atomic E-state index is 12.1. The SMILES string of the molecule is Cc1nn(C)c(C)c1C(C)NCC(O)C(F)F. The lowest BCUT2D eigenvalue weighted by molar-refractivity contribution is -0.00440. The molecule has 6 heteroatoms. The molecule has 0 amide bonds. The quantitative estimate of drug-likeness (QED) is 0.825. The molecule has 0 aliphatic rings. The van der Waals surface area contributed by atoms with E-state index < -0.39 is 12.5 Å². The Morgan fingerprint density at radius 2 is 2.00 bits per heavy atom. The number of alkyl halides is 2. The molecule has 2 atom stereocenters. The average Bonchev–Trinajstić information content (AvgIpc) is 2.49. The minimum atomic E-state index is -2.72. The van der Waals surface area contributed by atoms with Crippen molar-refractivity contribution in [2.24, 2.45) is 7.05 Å². The van der Waals surface area contributed by atoms with Crippen molar-refractivity contribution in [2.75, 3.05) is 6.54 Å². The number of hydrogen-bond donors (Lipinski definition) is 2. The molecule has 0 bridgehead atoms. The Morgan fingerprint density at radius 3 is 2.41 bits per heavy atom. The maximum atomic E-state index is 12.1. The fraction of sp³-hybridized carbons (Fsp3) is 0.727. The highest BCUT2D eigenvalue weighted by atomic mass is 19.3. The van der Waals surface area contributed by atoms with Crippen LogP contribution in [0, 0.1) is 13.8 Å². The van der Waals surface area contributed by atoms with E-state index in [0.717, 1.165) is 17.0 Å². The van der Waals surface area contributed by atoms with Crippen molar-refractivity contribution in [2.45, 2.75) is 39.3 Å². The van der Waals surface area contributed by atoms with Gasteiger partial charge >= 0.3 is 0 Å². The van der Waals surface area contributed by atoms with Crippen LogP contribution in [0.3, 0.4) is 0 Å². The molecule has 0 aromatic carbocycles. The Bertz CT molecular complexity index is 379. The summed E-state index contributed by atoms with van der Waals surface area (Å²) < 4.78 is 26.0. The number of aromatic nitrogens is 2. The number of aliphatic hydroxyl groups excluding tert-OH is 1. The highest BCUT2D eigenvalue weighted by Crippen LogP contribution is 2.20. The van der Waals surface area contributed by atoms with Gasteiger partial charge in [0.25, 0.3) is 6.43 Å². The number of halogens is 2. The van der Waals surface area contributed by atoms with Crippen LogP contribution < -0.4 is 5.32 Å². The fourth-order valence-corrected chi connectivity index (χ4v) is 1.91. The van der Waals surface area contributed by atoms with Gasteiger partial charge in [-0.3, -0.25) is 4.68 Å². The average molecular weight is 247 g/mol. The Morgan fingerprint density at radius 1 is 1.41 bits per heavy atom. The number of hydrogen-bond acceptors (Lipinski definition) is 3. The van der Waals surface area contributed by atoms with Crippen molar-refractivity contribution in [3.63, 3.8) is 0 Å². The summed E-state index contributed by atoms with van der Waals surface area (Å²) in [7, 11) is 1.84. The van der Waals surface area contributed by atoms with Gasteiger partial charge in [-0.2, -0.15) is 5.10 Å². The lowest BCUT2D eigenvalue weighted by Gasteiger charge is -2.17. The molecule has 0 spiro atoms. The molecule has 2 unspecified atom stereocenters. The van der Waals surface area contributed by atoms with Gasteiger partial charge < -0.3 is 10.4 Å². The van der Waals surface area contributed by atoms with Crippen molar-refractivity contribution in [1.82, 2.24) is 15.1 Å². The molecule has 1 rings (SSSR count). The largest absolute Gasteiger partial charge is 0.386 e. The van der Waals surface area contributed by atoms with Gasteiger partial charge in [0.15, 0.2) is 0 Å². The van der Waals surface area contributed by atoms with Gasteiger partial charge in [0.2, 0.25) is 0 Å². The van der Waals surface area contributed by atoms with Gasteiger partial charge in [0.1, 0.15) is 6.10 Å². The Balaban J connectivity index is 2.67. The van der Waals surface area contributed by atoms with Crippen LogP contribution >= 0.6 is 0 Å². The van der Waals surface area contributed by atoms with Gasteiger partial charge in [-0.25, -0.2) is 8.78 Å². The second-order valence-electron chi connectivity index (χ2n) is 4.24. The fourth-order valence-electron chi connectivity index (χ4n) is 1.91. The molecule has 0 fully saturated rings. The minimum Gasteiger partial charge on any atom is -0.386 e. The van der Waals surface area contributed by atoms with Crippen LogP contribution in [0.1, 0.15) is 29.9 Å². The Labute approximate surface area is 99.6 Å². The standard InChI is InChI=1S/C11H19F2N3O/c1-6(14-5-9(17)11(12)13)10-7(2)15-16(4)8(10)3/h6,9,11,14,17H,5H2,1-4H3. The highest BCUT2D eigenvalue weighted by Gasteiger charge is 2.20. The molecule has 98 valence electrons. The number of aryl methyl sites for hydroxylation is 2. The van der Waals surface area contributed by atoms with Gasteiger partial charge in [0.05, 0.1) is 5.69 Å². The van der Waals surface area contributed by atoms with Crippen LogP contribution in [0.15, 0.2) is 0 Å². The van der Waals surface area contributed by atoms with Crippen molar-refractivity contribution in [3.8, 4) is 0 Å². The van der Waals surface area contributed by atoms with Crippen LogP contribution in [0.25, 0.3) is 0 Å². The van der Waals surface area contributed by atoms with Crippen molar-refractivity contribution >= 4 is 0 Å². The van der Waals surface area contributed by atoms with Crippen molar-refractivity contribution < 1.29 is 13.9 Å². The molecule has 1 heterocycles. The topological polar surface area (TPSA) is 50.1 Å². The molecule has 1 aromatic heterocycles. The number of nitrogens with one attached hydrogen (secondary N) is 1. The van der Waals surface area contributed by atoms with Gasteiger partial charge in [-0.05, 0) is 20.8 Å². The highest BCUT2D eigenvalue weighted by molar-refractivity contribution is 5.27. The van der Waals surface area contributed by atoms with Gasteiger partial charge in [-0.1, -0.05) is 0 Å². The summed E-state index contributed by atoms with van der Waals surface area (Å²) in [5, 5.41) is 16.2. The molecule has 0 radical (unpaired) electrons. The minimum absolute atomic E-state index is 0.114. The number of aliphatic hydroxyl groups is 1. The third kappa shape index (κ3) is 3.23. The van der Waals surface area contributed by atoms with E-state index in [4.69, 9.17) is 5.11 Å². The van der Waals surface area contributed by atoms with Gasteiger partial charge in [-0.15, -0.1) is 0 Å². The summed E-state index contributed by atoms with van der Waals surface area (Å²) in [6, 6.07) is -0.114. The molecular weight excluding hydrogens is 228 g/mol. The zero-order chi connectivity index (χ0) is 13.2. The second-order valence-corrected chi connectivity index (χ2v) is 4.24. The molecule has 0 aliphatic carbocycles. The van der Waals surface area contributed by atoms with Crippen LogP contribution in [-0.4, -0.2) is 34.0 Å². The van der Waals surface area contributed by atoms with Crippen LogP contribution in [0.4, 0.5) is 8.78 Å². The molecule has 2 N–H and O–H groups in total. The monoisotopic (exact) mass is 247 g/mol. The molecule has 17 heavy (non-hydrogen) atoms. The third-order valence-corrected chi connectivity index (χ3v) is 2.92. The van der Waals surface area contributed by atoms with Crippen LogP contribution in [0.2, 0.25) is 0 Å². The van der Waals surface area contributed by atoms with E-state index in [1.54, 1.807) is 4.68 Å². The number of rotatable bonds is 5. The molecule has 4 nitrogen and oxygen atoms in total. The normalized spacial score (nSPS) is 15.3. The van der Waals surface area contributed by atoms with E-state index in [9.17, 15) is 8.78 Å². The summed E-state index contributed by atoms with van der Waals surface area (Å²) in [6.45, 7) is 5.54. The van der Waals surface area contributed by atoms with Crippen LogP contribution in [-0.2, 0) is 7.05 Å². The van der Waals surface area contributed by atoms with Crippen LogP contribution in [0.5, 0.6) is 0 Å². The summed E-state index contributed by atoms with van der Waals surface area (Å²) in [5.41, 5.74) is 2.86.